The standard InChI is InChI=1S/C33H34Cl2F6N6O2/c1-46-25-12-24(47-14-17-10-18(17)15-47)21(28(48)43-20-5-3-19(4-6-20)32(36,37)38)11-23(25)44-30(46)45-27-22(34)7-2-16(26(27)35)13-42-29(49)31(8-9-31)33(39,40)41/h2,7,11-12,17-20H,3-6,8-10,13-15H2,1H3,(H,42,49)(H,43,48)(H,44,45)/t17?,18?,19-,20-. The van der Waals surface area contributed by atoms with Gasteiger partial charge in [0.1, 0.15) is 5.41 Å². The second-order valence-corrected chi connectivity index (χ2v) is 14.6. The first-order chi connectivity index (χ1) is 23.1. The van der Waals surface area contributed by atoms with Crippen LogP contribution in [-0.4, -0.2) is 52.8 Å². The fourth-order valence-corrected chi connectivity index (χ4v) is 7.81. The zero-order valence-corrected chi connectivity index (χ0v) is 27.9. The minimum absolute atomic E-state index is 0.0296. The van der Waals surface area contributed by atoms with Crippen LogP contribution in [0.1, 0.15) is 60.9 Å². The Morgan fingerprint density at radius 1 is 1.00 bits per heavy atom. The van der Waals surface area contributed by atoms with Gasteiger partial charge in [0.05, 0.1) is 43.9 Å². The van der Waals surface area contributed by atoms with Gasteiger partial charge in [-0.1, -0.05) is 29.3 Å². The number of rotatable bonds is 8. The zero-order valence-electron chi connectivity index (χ0n) is 26.4. The van der Waals surface area contributed by atoms with Crippen molar-refractivity contribution < 1.29 is 35.9 Å². The van der Waals surface area contributed by atoms with E-state index in [1.165, 1.54) is 12.1 Å². The normalized spacial score (nSPS) is 24.5. The maximum atomic E-state index is 13.7. The Labute approximate surface area is 287 Å². The molecule has 3 N–H and O–H groups in total. The number of fused-ring (bicyclic) bond motifs is 2. The first-order valence-electron chi connectivity index (χ1n) is 16.3. The predicted octanol–water partition coefficient (Wildman–Crippen LogP) is 7.89. The highest BCUT2D eigenvalue weighted by atomic mass is 35.5. The molecule has 2 heterocycles. The first-order valence-corrected chi connectivity index (χ1v) is 17.0. The Bertz CT molecular complexity index is 1810. The van der Waals surface area contributed by atoms with Gasteiger partial charge in [-0.05, 0) is 80.5 Å². The molecular weight excluding hydrogens is 697 g/mol. The van der Waals surface area contributed by atoms with Crippen molar-refractivity contribution in [2.45, 2.75) is 69.9 Å². The number of carbonyl (C=O) groups excluding carboxylic acids is 2. The van der Waals surface area contributed by atoms with Crippen molar-refractivity contribution in [3.05, 3.63) is 45.4 Å². The van der Waals surface area contributed by atoms with Gasteiger partial charge in [-0.3, -0.25) is 9.59 Å². The molecule has 264 valence electrons. The van der Waals surface area contributed by atoms with Crippen LogP contribution in [0.5, 0.6) is 0 Å². The number of piperidine rings is 1. The summed E-state index contributed by atoms with van der Waals surface area (Å²) in [6.45, 7) is 1.35. The van der Waals surface area contributed by atoms with Gasteiger partial charge in [0.25, 0.3) is 5.91 Å². The lowest BCUT2D eigenvalue weighted by Gasteiger charge is -2.31. The van der Waals surface area contributed by atoms with Crippen molar-refractivity contribution >= 4 is 63.4 Å². The van der Waals surface area contributed by atoms with E-state index in [9.17, 15) is 35.9 Å². The maximum absolute atomic E-state index is 13.7. The molecule has 3 aromatic rings. The first kappa shape index (κ1) is 34.1. The highest BCUT2D eigenvalue weighted by Gasteiger charge is 2.68. The third-order valence-corrected chi connectivity index (χ3v) is 11.4. The molecule has 1 saturated heterocycles. The Morgan fingerprint density at radius 2 is 1.67 bits per heavy atom. The van der Waals surface area contributed by atoms with Crippen molar-refractivity contribution in [2.75, 3.05) is 23.3 Å². The minimum atomic E-state index is -4.64. The number of aryl methyl sites for hydroxylation is 1. The smallest absolute Gasteiger partial charge is 0.370 e. The molecule has 2 aromatic carbocycles. The fraction of sp³-hybridized carbons (Fsp3) is 0.545. The monoisotopic (exact) mass is 730 g/mol. The van der Waals surface area contributed by atoms with E-state index < -0.39 is 29.6 Å². The lowest BCUT2D eigenvalue weighted by Crippen LogP contribution is -2.40. The molecule has 49 heavy (non-hydrogen) atoms. The average molecular weight is 732 g/mol. The van der Waals surface area contributed by atoms with E-state index in [1.54, 1.807) is 17.7 Å². The summed E-state index contributed by atoms with van der Waals surface area (Å²) in [6.07, 6.45) is -7.83. The van der Waals surface area contributed by atoms with Crippen LogP contribution in [0.2, 0.25) is 10.0 Å². The molecular formula is C33H34Cl2F6N6O2. The van der Waals surface area contributed by atoms with E-state index in [1.807, 2.05) is 6.07 Å². The van der Waals surface area contributed by atoms with Crippen LogP contribution in [0.15, 0.2) is 24.3 Å². The van der Waals surface area contributed by atoms with E-state index in [4.69, 9.17) is 28.2 Å². The van der Waals surface area contributed by atoms with Gasteiger partial charge in [-0.15, -0.1) is 0 Å². The van der Waals surface area contributed by atoms with Gasteiger partial charge in [0.15, 0.2) is 0 Å². The molecule has 3 aliphatic carbocycles. The fourth-order valence-electron chi connectivity index (χ4n) is 7.27. The Balaban J connectivity index is 1.13. The molecule has 4 aliphatic rings. The van der Waals surface area contributed by atoms with E-state index in [0.717, 1.165) is 25.2 Å². The van der Waals surface area contributed by atoms with Crippen LogP contribution in [-0.2, 0) is 18.4 Å². The maximum Gasteiger partial charge on any atom is 0.403 e. The summed E-state index contributed by atoms with van der Waals surface area (Å²) in [5.74, 6) is -1.38. The molecule has 8 nitrogen and oxygen atoms in total. The van der Waals surface area contributed by atoms with E-state index in [-0.39, 0.29) is 72.8 Å². The SMILES string of the molecule is Cn1c(Nc2c(Cl)ccc(CNC(=O)C3(C(F)(F)F)CC3)c2Cl)nc2cc(C(=O)N[C@H]3CC[C@H](C(F)(F)F)CC3)c(N3CC4CC4C3)cc21. The Hall–Kier alpha value is -3.39. The molecule has 7 rings (SSSR count). The number of amides is 2. The van der Waals surface area contributed by atoms with Crippen molar-refractivity contribution in [1.29, 1.82) is 0 Å². The summed E-state index contributed by atoms with van der Waals surface area (Å²) in [6, 6.07) is 6.23. The molecule has 1 aliphatic heterocycles. The van der Waals surface area contributed by atoms with Gasteiger partial charge >= 0.3 is 12.4 Å². The number of anilines is 3. The third-order valence-electron chi connectivity index (χ3n) is 10.7. The number of alkyl halides is 6. The van der Waals surface area contributed by atoms with E-state index >= 15 is 0 Å². The molecule has 0 bridgehead atoms. The summed E-state index contributed by atoms with van der Waals surface area (Å²) in [4.78, 5) is 33.0. The molecule has 0 spiro atoms. The molecule has 1 aromatic heterocycles. The Kier molecular flexibility index (Phi) is 8.44. The number of carbonyl (C=O) groups is 2. The molecule has 4 fully saturated rings. The van der Waals surface area contributed by atoms with E-state index in [0.29, 0.717) is 39.9 Å². The molecule has 2 amide bonds. The number of hydrogen-bond donors (Lipinski definition) is 3. The third kappa shape index (κ3) is 6.39. The summed E-state index contributed by atoms with van der Waals surface area (Å²) in [5, 5.41) is 8.74. The number of benzene rings is 2. The van der Waals surface area contributed by atoms with Crippen LogP contribution >= 0.6 is 23.2 Å². The molecule has 0 radical (unpaired) electrons. The highest BCUT2D eigenvalue weighted by molar-refractivity contribution is 6.39. The minimum Gasteiger partial charge on any atom is -0.370 e. The van der Waals surface area contributed by atoms with Gasteiger partial charge in [0.2, 0.25) is 11.9 Å². The number of aromatic nitrogens is 2. The highest BCUT2D eigenvalue weighted by Crippen LogP contribution is 2.57. The predicted molar refractivity (Wildman–Crippen MR) is 173 cm³/mol. The quantitative estimate of drug-likeness (QED) is 0.205. The topological polar surface area (TPSA) is 91.3 Å². The lowest BCUT2D eigenvalue weighted by atomic mass is 9.85. The number of hydrogen-bond acceptors (Lipinski definition) is 5. The van der Waals surface area contributed by atoms with Crippen LogP contribution in [0.25, 0.3) is 11.0 Å². The molecule has 2 unspecified atom stereocenters. The summed E-state index contributed by atoms with van der Waals surface area (Å²) >= 11 is 13.1. The van der Waals surface area contributed by atoms with Crippen molar-refractivity contribution in [1.82, 2.24) is 20.2 Å². The molecule has 3 saturated carbocycles. The number of imidazole rings is 1. The zero-order chi connectivity index (χ0) is 35.0. The van der Waals surface area contributed by atoms with Crippen LogP contribution in [0.3, 0.4) is 0 Å². The van der Waals surface area contributed by atoms with Crippen molar-refractivity contribution in [2.24, 2.45) is 30.2 Å². The van der Waals surface area contributed by atoms with Gasteiger partial charge in [-0.2, -0.15) is 26.3 Å². The summed E-state index contributed by atoms with van der Waals surface area (Å²) in [7, 11) is 1.76. The average Bonchev–Trinajstić information content (AvgIpc) is 3.95. The largest absolute Gasteiger partial charge is 0.403 e. The van der Waals surface area contributed by atoms with Gasteiger partial charge in [-0.25, -0.2) is 4.98 Å². The second-order valence-electron chi connectivity index (χ2n) is 13.9. The molecule has 2 atom stereocenters. The van der Waals surface area contributed by atoms with Gasteiger partial charge < -0.3 is 25.4 Å². The number of nitrogens with zero attached hydrogens (tertiary/aromatic N) is 3. The molecule has 16 heteroatoms. The van der Waals surface area contributed by atoms with Crippen LogP contribution in [0, 0.1) is 23.2 Å². The summed E-state index contributed by atoms with van der Waals surface area (Å²) < 4.78 is 81.6. The second kappa shape index (κ2) is 12.1. The number of nitrogens with one attached hydrogen (secondary N) is 3. The van der Waals surface area contributed by atoms with Crippen molar-refractivity contribution in [3.8, 4) is 0 Å². The lowest BCUT2D eigenvalue weighted by molar-refractivity contribution is -0.192. The summed E-state index contributed by atoms with van der Waals surface area (Å²) in [5.41, 5.74) is 0.486. The Morgan fingerprint density at radius 3 is 2.29 bits per heavy atom. The number of halogens is 8. The van der Waals surface area contributed by atoms with Crippen LogP contribution in [0.4, 0.5) is 43.7 Å². The van der Waals surface area contributed by atoms with Gasteiger partial charge in [0, 0.05) is 32.7 Å². The van der Waals surface area contributed by atoms with E-state index in [2.05, 4.69) is 20.9 Å². The van der Waals surface area contributed by atoms with Crippen molar-refractivity contribution in [3.63, 3.8) is 0 Å². The van der Waals surface area contributed by atoms with Crippen LogP contribution < -0.4 is 20.9 Å².